The Labute approximate surface area is 132 Å². The number of hydrogen-bond donors (Lipinski definition) is 0. The van der Waals surface area contributed by atoms with Gasteiger partial charge in [0, 0.05) is 0 Å². The summed E-state index contributed by atoms with van der Waals surface area (Å²) in [4.78, 5) is 0. The first-order valence-corrected chi connectivity index (χ1v) is 9.16. The summed E-state index contributed by atoms with van der Waals surface area (Å²) in [5.41, 5.74) is 0. The second-order valence-corrected chi connectivity index (χ2v) is 8.00. The van der Waals surface area contributed by atoms with Gasteiger partial charge in [0.15, 0.2) is 0 Å². The van der Waals surface area contributed by atoms with E-state index in [1.807, 2.05) is 0 Å². The summed E-state index contributed by atoms with van der Waals surface area (Å²) >= 11 is 0. The van der Waals surface area contributed by atoms with E-state index >= 15 is 0 Å². The van der Waals surface area contributed by atoms with Crippen LogP contribution in [0.5, 0.6) is 0 Å². The molecule has 4 heteroatoms. The smallest absolute Gasteiger partial charge is 0.331 e. The van der Waals surface area contributed by atoms with Crippen LogP contribution < -0.4 is 24.0 Å². The second kappa shape index (κ2) is 8.99. The van der Waals surface area contributed by atoms with E-state index in [1.165, 1.54) is 5.19 Å². The van der Waals surface area contributed by atoms with Gasteiger partial charge >= 0.3 is 18.9 Å². The molecule has 2 nitrogen and oxygen atoms in total. The third-order valence-electron chi connectivity index (χ3n) is 3.81. The van der Waals surface area contributed by atoms with Gasteiger partial charge in [-0.2, -0.15) is 0 Å². The zero-order chi connectivity index (χ0) is 13.6. The van der Waals surface area contributed by atoms with Crippen molar-refractivity contribution in [3.05, 3.63) is 36.9 Å². The van der Waals surface area contributed by atoms with E-state index < -0.39 is 8.40 Å². The summed E-state index contributed by atoms with van der Waals surface area (Å²) in [6.07, 6.45) is 0. The van der Waals surface area contributed by atoms with Crippen LogP contribution in [-0.2, 0) is 0 Å². The molecule has 1 aromatic rings. The van der Waals surface area contributed by atoms with Crippen LogP contribution in [0.4, 0.5) is 0 Å². The Bertz CT molecular complexity index is 325. The molecular weight excluding hydrogens is 243 g/mol. The van der Waals surface area contributed by atoms with Crippen LogP contribution in [0.25, 0.3) is 0 Å². The molecule has 1 rings (SSSR count). The van der Waals surface area contributed by atoms with E-state index in [0.717, 1.165) is 26.2 Å². The molecule has 102 valence electrons. The van der Waals surface area contributed by atoms with Crippen LogP contribution in [0.1, 0.15) is 27.7 Å². The molecule has 0 aromatic heterocycles. The van der Waals surface area contributed by atoms with Gasteiger partial charge in [0.25, 0.3) is 0 Å². The molecule has 0 spiro atoms. The summed E-state index contributed by atoms with van der Waals surface area (Å²) in [5.74, 6) is 0. The molecule has 0 heterocycles. The van der Waals surface area contributed by atoms with E-state index in [4.69, 9.17) is 6.55 Å². The third kappa shape index (κ3) is 3.96. The minimum atomic E-state index is -1.97. The molecule has 0 unspecified atom stereocenters. The topological polar surface area (TPSA) is 6.48 Å². The standard InChI is InChI=1S/C15H27N2Si.Li/c1-6-16(7-2)18(5,17(8-3)9-4)15-13-11-10-12-14-15;/h10-14H,5-9H2,1-4H3;/q-1;+1. The van der Waals surface area contributed by atoms with Gasteiger partial charge in [0.05, 0.1) is 8.40 Å². The Morgan fingerprint density at radius 2 is 1.21 bits per heavy atom. The molecule has 0 radical (unpaired) electrons. The monoisotopic (exact) mass is 270 g/mol. The Balaban J connectivity index is 0.00000324. The molecule has 0 aliphatic heterocycles. The van der Waals surface area contributed by atoms with Gasteiger partial charge in [-0.3, -0.25) is 0 Å². The summed E-state index contributed by atoms with van der Waals surface area (Å²) in [6.45, 7) is 17.9. The molecular formula is C15H27LiN2Si. The maximum atomic E-state index is 4.71. The fourth-order valence-corrected chi connectivity index (χ4v) is 6.71. The number of benzene rings is 1. The fraction of sp³-hybridized carbons (Fsp3) is 0.533. The average Bonchev–Trinajstić information content (AvgIpc) is 2.42. The van der Waals surface area contributed by atoms with Crippen LogP contribution in [0.2, 0.25) is 0 Å². The minimum Gasteiger partial charge on any atom is -0.331 e. The van der Waals surface area contributed by atoms with Crippen molar-refractivity contribution in [2.24, 2.45) is 0 Å². The maximum Gasteiger partial charge on any atom is 1.00 e. The molecule has 0 saturated heterocycles. The van der Waals surface area contributed by atoms with Gasteiger partial charge in [0.2, 0.25) is 0 Å². The van der Waals surface area contributed by atoms with Crippen molar-refractivity contribution in [1.29, 1.82) is 0 Å². The van der Waals surface area contributed by atoms with Crippen molar-refractivity contribution < 1.29 is 18.9 Å². The SMILES string of the molecule is [CH2-][Si](c1ccccc1)(N(CC)CC)N(CC)CC.[Li+]. The van der Waals surface area contributed by atoms with Crippen LogP contribution in [0.15, 0.2) is 30.3 Å². The minimum absolute atomic E-state index is 0. The normalized spacial score (nSPS) is 11.7. The van der Waals surface area contributed by atoms with Crippen LogP contribution in [-0.4, -0.2) is 43.7 Å². The molecule has 0 bridgehead atoms. The zero-order valence-electron chi connectivity index (χ0n) is 13.3. The van der Waals surface area contributed by atoms with E-state index in [2.05, 4.69) is 67.2 Å². The molecule has 0 atom stereocenters. The van der Waals surface area contributed by atoms with Crippen LogP contribution >= 0.6 is 0 Å². The Morgan fingerprint density at radius 3 is 1.53 bits per heavy atom. The van der Waals surface area contributed by atoms with E-state index in [1.54, 1.807) is 0 Å². The average molecular weight is 270 g/mol. The largest absolute Gasteiger partial charge is 1.00 e. The Morgan fingerprint density at radius 1 is 0.842 bits per heavy atom. The molecule has 0 saturated carbocycles. The van der Waals surface area contributed by atoms with Crippen molar-refractivity contribution in [1.82, 2.24) is 9.13 Å². The molecule has 0 amide bonds. The first-order chi connectivity index (χ1) is 8.64. The summed E-state index contributed by atoms with van der Waals surface area (Å²) < 4.78 is 5.13. The van der Waals surface area contributed by atoms with Crippen molar-refractivity contribution >= 4 is 13.6 Å². The van der Waals surface area contributed by atoms with Crippen molar-refractivity contribution in [3.63, 3.8) is 0 Å². The predicted molar refractivity (Wildman–Crippen MR) is 83.0 cm³/mol. The predicted octanol–water partition coefficient (Wildman–Crippen LogP) is -0.603. The van der Waals surface area contributed by atoms with Crippen molar-refractivity contribution in [2.75, 3.05) is 26.2 Å². The van der Waals surface area contributed by atoms with E-state index in [-0.39, 0.29) is 18.9 Å². The number of hydrogen-bond acceptors (Lipinski definition) is 2. The van der Waals surface area contributed by atoms with E-state index in [0.29, 0.717) is 0 Å². The summed E-state index contributed by atoms with van der Waals surface area (Å²) in [6, 6.07) is 10.8. The van der Waals surface area contributed by atoms with Crippen LogP contribution in [0.3, 0.4) is 0 Å². The molecule has 19 heavy (non-hydrogen) atoms. The second-order valence-electron chi connectivity index (χ2n) is 4.53. The van der Waals surface area contributed by atoms with Gasteiger partial charge in [0.1, 0.15) is 0 Å². The zero-order valence-corrected chi connectivity index (χ0v) is 14.3. The third-order valence-corrected chi connectivity index (χ3v) is 8.42. The Hall–Kier alpha value is -0.0457. The first kappa shape index (κ1) is 19.0. The first-order valence-electron chi connectivity index (χ1n) is 7.05. The van der Waals surface area contributed by atoms with Gasteiger partial charge in [-0.05, 0) is 26.2 Å². The van der Waals surface area contributed by atoms with Gasteiger partial charge < -0.3 is 15.7 Å². The maximum absolute atomic E-state index is 4.71. The molecule has 0 fully saturated rings. The number of rotatable bonds is 7. The molecule has 0 aliphatic carbocycles. The number of nitrogens with zero attached hydrogens (tertiary/aromatic N) is 2. The summed E-state index contributed by atoms with van der Waals surface area (Å²) in [5, 5.41) is 1.41. The van der Waals surface area contributed by atoms with Gasteiger partial charge in [-0.25, -0.2) is 0 Å². The van der Waals surface area contributed by atoms with E-state index in [9.17, 15) is 0 Å². The molecule has 0 aliphatic rings. The quantitative estimate of drug-likeness (QED) is 0.482. The molecule has 1 aromatic carbocycles. The molecule has 0 N–H and O–H groups in total. The van der Waals surface area contributed by atoms with Gasteiger partial charge in [-0.15, -0.1) is 0 Å². The van der Waals surface area contributed by atoms with Crippen LogP contribution in [0, 0.1) is 6.55 Å². The summed E-state index contributed by atoms with van der Waals surface area (Å²) in [7, 11) is -1.97. The Kier molecular flexibility index (Phi) is 8.97. The van der Waals surface area contributed by atoms with Crippen molar-refractivity contribution in [2.45, 2.75) is 27.7 Å². The van der Waals surface area contributed by atoms with Gasteiger partial charge in [-0.1, -0.05) is 63.2 Å². The van der Waals surface area contributed by atoms with Crippen molar-refractivity contribution in [3.8, 4) is 0 Å². The fourth-order valence-electron chi connectivity index (χ4n) is 2.76.